The summed E-state index contributed by atoms with van der Waals surface area (Å²) in [5.41, 5.74) is 6.13. The zero-order chi connectivity index (χ0) is 21.3. The number of ether oxygens (including phenoxy) is 2. The first-order chi connectivity index (χ1) is 14.5. The Morgan fingerprint density at radius 1 is 1.30 bits per heavy atom. The lowest BCUT2D eigenvalue weighted by Crippen LogP contribution is -2.39. The van der Waals surface area contributed by atoms with Crippen molar-refractivity contribution in [3.05, 3.63) is 66.3 Å². The number of carbonyl (C=O) groups is 1. The molecular formula is C24H27N3O3. The van der Waals surface area contributed by atoms with Gasteiger partial charge in [0.25, 0.3) is 0 Å². The molecule has 3 aromatic heterocycles. The number of hydrogen-bond donors (Lipinski definition) is 1. The Kier molecular flexibility index (Phi) is 5.70. The summed E-state index contributed by atoms with van der Waals surface area (Å²) >= 11 is 0. The normalized spacial score (nSPS) is 16.7. The van der Waals surface area contributed by atoms with Crippen LogP contribution in [-0.4, -0.2) is 47.3 Å². The van der Waals surface area contributed by atoms with E-state index >= 15 is 0 Å². The third-order valence-corrected chi connectivity index (χ3v) is 5.34. The van der Waals surface area contributed by atoms with Crippen LogP contribution in [0.25, 0.3) is 22.2 Å². The lowest BCUT2D eigenvalue weighted by atomic mass is 9.98. The van der Waals surface area contributed by atoms with Crippen molar-refractivity contribution < 1.29 is 14.3 Å². The van der Waals surface area contributed by atoms with Crippen LogP contribution in [0.1, 0.15) is 35.5 Å². The van der Waals surface area contributed by atoms with E-state index in [1.54, 1.807) is 12.4 Å². The Morgan fingerprint density at radius 2 is 2.07 bits per heavy atom. The highest BCUT2D eigenvalue weighted by atomic mass is 16.5. The van der Waals surface area contributed by atoms with E-state index in [4.69, 9.17) is 9.47 Å². The molecule has 4 heterocycles. The van der Waals surface area contributed by atoms with Gasteiger partial charge < -0.3 is 19.2 Å². The Bertz CT molecular complexity index is 1080. The Labute approximate surface area is 176 Å². The Balaban J connectivity index is 1.88. The van der Waals surface area contributed by atoms with Crippen molar-refractivity contribution in [2.45, 2.75) is 33.0 Å². The summed E-state index contributed by atoms with van der Waals surface area (Å²) < 4.78 is 13.6. The molecule has 0 bridgehead atoms. The van der Waals surface area contributed by atoms with Crippen molar-refractivity contribution in [2.24, 2.45) is 0 Å². The van der Waals surface area contributed by atoms with Gasteiger partial charge in [-0.15, -0.1) is 0 Å². The van der Waals surface area contributed by atoms with Crippen molar-refractivity contribution in [3.63, 3.8) is 0 Å². The van der Waals surface area contributed by atoms with Crippen LogP contribution in [0.15, 0.2) is 49.4 Å². The van der Waals surface area contributed by atoms with E-state index in [1.807, 2.05) is 39.0 Å². The molecule has 1 N–H and O–H groups in total. The number of nitrogens with one attached hydrogen (secondary N) is 1. The van der Waals surface area contributed by atoms with Gasteiger partial charge in [0.05, 0.1) is 30.1 Å². The second-order valence-electron chi connectivity index (χ2n) is 7.83. The molecule has 1 saturated heterocycles. The fourth-order valence-electron chi connectivity index (χ4n) is 3.88. The van der Waals surface area contributed by atoms with E-state index in [-0.39, 0.29) is 18.2 Å². The van der Waals surface area contributed by atoms with Crippen LogP contribution in [0.3, 0.4) is 0 Å². The van der Waals surface area contributed by atoms with Gasteiger partial charge in [0.15, 0.2) is 0 Å². The minimum Gasteiger partial charge on any atom is -0.459 e. The van der Waals surface area contributed by atoms with Gasteiger partial charge in [-0.3, -0.25) is 4.98 Å². The standard InChI is InChI=1S/C24H27N3O3/c1-15(2)30-24(28)21-12-20-11-19(18-5-7-25-8-6-18)14-27(20)23(16(21)3)17(4)22-13-26-9-10-29-22/h5-8,11-12,14-15,22,26H,4,9-10,13H2,1-3H3. The molecule has 1 aliphatic heterocycles. The van der Waals surface area contributed by atoms with Crippen LogP contribution in [0.4, 0.5) is 0 Å². The van der Waals surface area contributed by atoms with Gasteiger partial charge >= 0.3 is 5.97 Å². The van der Waals surface area contributed by atoms with Gasteiger partial charge in [0, 0.05) is 42.8 Å². The van der Waals surface area contributed by atoms with E-state index in [0.29, 0.717) is 18.7 Å². The molecule has 1 unspecified atom stereocenters. The molecule has 156 valence electrons. The number of hydrogen-bond acceptors (Lipinski definition) is 5. The molecule has 0 amide bonds. The maximum Gasteiger partial charge on any atom is 0.338 e. The molecule has 1 aliphatic rings. The summed E-state index contributed by atoms with van der Waals surface area (Å²) in [4.78, 5) is 16.9. The van der Waals surface area contributed by atoms with Crippen LogP contribution < -0.4 is 5.32 Å². The van der Waals surface area contributed by atoms with E-state index < -0.39 is 0 Å². The minimum absolute atomic E-state index is 0.149. The number of carbonyl (C=O) groups excluding carboxylic acids is 1. The van der Waals surface area contributed by atoms with Crippen LogP contribution in [0, 0.1) is 6.92 Å². The smallest absolute Gasteiger partial charge is 0.338 e. The number of morpholine rings is 1. The second-order valence-corrected chi connectivity index (χ2v) is 7.83. The molecule has 0 aliphatic carbocycles. The Morgan fingerprint density at radius 3 is 2.73 bits per heavy atom. The fourth-order valence-corrected chi connectivity index (χ4v) is 3.88. The lowest BCUT2D eigenvalue weighted by molar-refractivity contribution is 0.0376. The summed E-state index contributed by atoms with van der Waals surface area (Å²) in [5, 5.41) is 3.35. The van der Waals surface area contributed by atoms with Gasteiger partial charge in [-0.1, -0.05) is 6.58 Å². The molecule has 0 aromatic carbocycles. The number of rotatable bonds is 5. The van der Waals surface area contributed by atoms with Crippen LogP contribution in [0.5, 0.6) is 0 Å². The number of esters is 1. The SMILES string of the molecule is C=C(c1c(C)c(C(=O)OC(C)C)cc2cc(-c3ccncc3)cn12)C1CNCCO1. The highest BCUT2D eigenvalue weighted by molar-refractivity contribution is 5.95. The number of nitrogens with zero attached hydrogens (tertiary/aromatic N) is 2. The zero-order valence-corrected chi connectivity index (χ0v) is 17.6. The minimum atomic E-state index is -0.326. The molecule has 0 saturated carbocycles. The molecule has 3 aromatic rings. The van der Waals surface area contributed by atoms with Gasteiger partial charge in [0.2, 0.25) is 0 Å². The zero-order valence-electron chi connectivity index (χ0n) is 17.6. The lowest BCUT2D eigenvalue weighted by Gasteiger charge is -2.27. The molecule has 30 heavy (non-hydrogen) atoms. The highest BCUT2D eigenvalue weighted by Gasteiger charge is 2.25. The van der Waals surface area contributed by atoms with E-state index in [9.17, 15) is 4.79 Å². The number of aromatic nitrogens is 2. The number of pyridine rings is 2. The summed E-state index contributed by atoms with van der Waals surface area (Å²) in [7, 11) is 0. The van der Waals surface area contributed by atoms with Crippen LogP contribution in [0.2, 0.25) is 0 Å². The van der Waals surface area contributed by atoms with Crippen LogP contribution in [-0.2, 0) is 9.47 Å². The van der Waals surface area contributed by atoms with Gasteiger partial charge in [-0.25, -0.2) is 4.79 Å². The van der Waals surface area contributed by atoms with E-state index in [1.165, 1.54) is 0 Å². The van der Waals surface area contributed by atoms with Gasteiger partial charge in [-0.05, 0) is 61.7 Å². The molecule has 6 nitrogen and oxygen atoms in total. The van der Waals surface area contributed by atoms with Gasteiger partial charge in [-0.2, -0.15) is 0 Å². The third kappa shape index (κ3) is 3.88. The molecular weight excluding hydrogens is 378 g/mol. The van der Waals surface area contributed by atoms with E-state index in [0.717, 1.165) is 40.0 Å². The molecule has 1 atom stereocenters. The van der Waals surface area contributed by atoms with Crippen LogP contribution >= 0.6 is 0 Å². The topological polar surface area (TPSA) is 64.9 Å². The first-order valence-corrected chi connectivity index (χ1v) is 10.2. The summed E-state index contributed by atoms with van der Waals surface area (Å²) in [6.45, 7) is 12.2. The van der Waals surface area contributed by atoms with Crippen molar-refractivity contribution in [1.82, 2.24) is 14.7 Å². The third-order valence-electron chi connectivity index (χ3n) is 5.34. The van der Waals surface area contributed by atoms with E-state index in [2.05, 4.69) is 33.5 Å². The van der Waals surface area contributed by atoms with Crippen molar-refractivity contribution in [1.29, 1.82) is 0 Å². The van der Waals surface area contributed by atoms with Crippen molar-refractivity contribution in [3.8, 4) is 11.1 Å². The second kappa shape index (κ2) is 8.42. The van der Waals surface area contributed by atoms with Gasteiger partial charge in [0.1, 0.15) is 0 Å². The predicted octanol–water partition coefficient (Wildman–Crippen LogP) is 3.88. The molecule has 0 radical (unpaired) electrons. The fraction of sp³-hybridized carbons (Fsp3) is 0.333. The maximum absolute atomic E-state index is 12.8. The first kappa shape index (κ1) is 20.3. The molecule has 0 spiro atoms. The summed E-state index contributed by atoms with van der Waals surface area (Å²) in [5.74, 6) is -0.326. The summed E-state index contributed by atoms with van der Waals surface area (Å²) in [6, 6.07) is 7.90. The quantitative estimate of drug-likeness (QED) is 0.653. The highest BCUT2D eigenvalue weighted by Crippen LogP contribution is 2.31. The Hall–Kier alpha value is -2.96. The monoisotopic (exact) mass is 405 g/mol. The van der Waals surface area contributed by atoms with Crippen molar-refractivity contribution in [2.75, 3.05) is 19.7 Å². The maximum atomic E-state index is 12.8. The molecule has 6 heteroatoms. The van der Waals surface area contributed by atoms with Crippen molar-refractivity contribution >= 4 is 17.1 Å². The number of fused-ring (bicyclic) bond motifs is 1. The first-order valence-electron chi connectivity index (χ1n) is 10.2. The average Bonchev–Trinajstić information content (AvgIpc) is 3.17. The largest absolute Gasteiger partial charge is 0.459 e. The average molecular weight is 405 g/mol. The molecule has 4 rings (SSSR count). The molecule has 1 fully saturated rings. The summed E-state index contributed by atoms with van der Waals surface area (Å²) in [6.07, 6.45) is 5.28. The predicted molar refractivity (Wildman–Crippen MR) is 118 cm³/mol.